The molecule has 3 rings (SSSR count). The first-order valence-electron chi connectivity index (χ1n) is 8.72. The Balaban J connectivity index is 1.66. The van der Waals surface area contributed by atoms with Gasteiger partial charge in [-0.3, -0.25) is 0 Å². The SMILES string of the molecule is COc1ccc(NC(=O)N2CCCN(S(=O)(=O)c3cnc[nH]3)CC2)c(OC)c1. The number of anilines is 1. The van der Waals surface area contributed by atoms with Crippen molar-refractivity contribution in [3.63, 3.8) is 0 Å². The van der Waals surface area contributed by atoms with Crippen molar-refractivity contribution in [1.29, 1.82) is 0 Å². The number of carbonyl (C=O) groups excluding carboxylic acids is 1. The molecule has 152 valence electrons. The Morgan fingerprint density at radius 1 is 1.18 bits per heavy atom. The number of rotatable bonds is 5. The normalized spacial score (nSPS) is 15.7. The molecule has 1 fully saturated rings. The highest BCUT2D eigenvalue weighted by Crippen LogP contribution is 2.29. The lowest BCUT2D eigenvalue weighted by Crippen LogP contribution is -2.39. The summed E-state index contributed by atoms with van der Waals surface area (Å²) in [6.07, 6.45) is 3.13. The van der Waals surface area contributed by atoms with Crippen LogP contribution in [0.3, 0.4) is 0 Å². The number of benzene rings is 1. The van der Waals surface area contributed by atoms with Gasteiger partial charge in [0.1, 0.15) is 11.5 Å². The Labute approximate surface area is 163 Å². The predicted molar refractivity (Wildman–Crippen MR) is 102 cm³/mol. The summed E-state index contributed by atoms with van der Waals surface area (Å²) in [5.41, 5.74) is 0.513. The highest BCUT2D eigenvalue weighted by molar-refractivity contribution is 7.89. The zero-order valence-corrected chi connectivity index (χ0v) is 16.5. The van der Waals surface area contributed by atoms with Gasteiger partial charge in [0.05, 0.1) is 32.4 Å². The van der Waals surface area contributed by atoms with Crippen molar-refractivity contribution in [1.82, 2.24) is 19.2 Å². The Hall–Kier alpha value is -2.79. The molecule has 0 saturated carbocycles. The molecule has 2 heterocycles. The minimum Gasteiger partial charge on any atom is -0.497 e. The first-order valence-corrected chi connectivity index (χ1v) is 10.2. The molecule has 2 N–H and O–H groups in total. The quantitative estimate of drug-likeness (QED) is 0.770. The van der Waals surface area contributed by atoms with E-state index in [9.17, 15) is 13.2 Å². The molecular weight excluding hydrogens is 386 g/mol. The van der Waals surface area contributed by atoms with Crippen LogP contribution in [0.15, 0.2) is 35.7 Å². The maximum absolute atomic E-state index is 12.7. The van der Waals surface area contributed by atoms with Crippen molar-refractivity contribution >= 4 is 21.7 Å². The summed E-state index contributed by atoms with van der Waals surface area (Å²) in [7, 11) is -0.588. The second-order valence-electron chi connectivity index (χ2n) is 6.16. The number of nitrogens with zero attached hydrogens (tertiary/aromatic N) is 3. The van der Waals surface area contributed by atoms with E-state index in [0.29, 0.717) is 36.7 Å². The lowest BCUT2D eigenvalue weighted by atomic mass is 10.2. The molecule has 0 radical (unpaired) electrons. The average molecular weight is 409 g/mol. The topological polar surface area (TPSA) is 117 Å². The van der Waals surface area contributed by atoms with E-state index in [1.807, 2.05) is 0 Å². The molecule has 0 bridgehead atoms. The summed E-state index contributed by atoms with van der Waals surface area (Å²) >= 11 is 0. The van der Waals surface area contributed by atoms with Gasteiger partial charge in [-0.15, -0.1) is 0 Å². The van der Waals surface area contributed by atoms with E-state index in [0.717, 1.165) is 0 Å². The molecule has 0 unspecified atom stereocenters. The lowest BCUT2D eigenvalue weighted by molar-refractivity contribution is 0.214. The van der Waals surface area contributed by atoms with Gasteiger partial charge in [0, 0.05) is 32.2 Å². The molecule has 1 aliphatic heterocycles. The summed E-state index contributed by atoms with van der Waals surface area (Å²) in [6, 6.07) is 4.78. The van der Waals surface area contributed by atoms with Crippen LogP contribution in [0, 0.1) is 0 Å². The van der Waals surface area contributed by atoms with Crippen molar-refractivity contribution in [3.05, 3.63) is 30.7 Å². The number of H-pyrrole nitrogens is 1. The van der Waals surface area contributed by atoms with Gasteiger partial charge in [0.15, 0.2) is 5.03 Å². The van der Waals surface area contributed by atoms with Crippen molar-refractivity contribution in [2.24, 2.45) is 0 Å². The van der Waals surface area contributed by atoms with E-state index >= 15 is 0 Å². The second kappa shape index (κ2) is 8.48. The fraction of sp³-hybridized carbons (Fsp3) is 0.412. The fourth-order valence-corrected chi connectivity index (χ4v) is 4.32. The average Bonchev–Trinajstić information content (AvgIpc) is 3.13. The van der Waals surface area contributed by atoms with Crippen molar-refractivity contribution in [3.8, 4) is 11.5 Å². The first kappa shape index (κ1) is 20.0. The number of aromatic nitrogens is 2. The zero-order chi connectivity index (χ0) is 20.1. The Morgan fingerprint density at radius 2 is 2.00 bits per heavy atom. The lowest BCUT2D eigenvalue weighted by Gasteiger charge is -2.22. The van der Waals surface area contributed by atoms with E-state index in [1.165, 1.54) is 23.9 Å². The molecule has 11 heteroatoms. The molecule has 1 aliphatic rings. The molecule has 10 nitrogen and oxygen atoms in total. The van der Waals surface area contributed by atoms with Crippen LogP contribution in [0.1, 0.15) is 6.42 Å². The van der Waals surface area contributed by atoms with Crippen molar-refractivity contribution in [2.45, 2.75) is 11.4 Å². The van der Waals surface area contributed by atoms with E-state index in [-0.39, 0.29) is 24.1 Å². The van der Waals surface area contributed by atoms with Gasteiger partial charge >= 0.3 is 6.03 Å². The minimum atomic E-state index is -3.65. The molecule has 0 aliphatic carbocycles. The van der Waals surface area contributed by atoms with E-state index in [1.54, 1.807) is 30.2 Å². The standard InChI is InChI=1S/C17H23N5O5S/c1-26-13-4-5-14(15(10-13)27-2)20-17(23)21-6-3-7-22(9-8-21)28(24,25)16-11-18-12-19-16/h4-5,10-12H,3,6-9H2,1-2H3,(H,18,19)(H,20,23). The number of sulfonamides is 1. The number of amides is 2. The van der Waals surface area contributed by atoms with Gasteiger partial charge in [-0.1, -0.05) is 0 Å². The molecule has 1 aromatic heterocycles. The first-order chi connectivity index (χ1) is 13.5. The summed E-state index contributed by atoms with van der Waals surface area (Å²) < 4.78 is 37.0. The third kappa shape index (κ3) is 4.20. The Morgan fingerprint density at radius 3 is 2.68 bits per heavy atom. The van der Waals surface area contributed by atoms with Crippen LogP contribution in [0.4, 0.5) is 10.5 Å². The molecule has 0 spiro atoms. The van der Waals surface area contributed by atoms with Crippen LogP contribution in [0.5, 0.6) is 11.5 Å². The molecular formula is C17H23N5O5S. The van der Waals surface area contributed by atoms with Crippen LogP contribution in [-0.2, 0) is 10.0 Å². The van der Waals surface area contributed by atoms with Gasteiger partial charge in [-0.05, 0) is 18.6 Å². The molecule has 2 aromatic rings. The summed E-state index contributed by atoms with van der Waals surface area (Å²) in [5, 5.41) is 2.86. The van der Waals surface area contributed by atoms with Crippen LogP contribution in [0.25, 0.3) is 0 Å². The minimum absolute atomic E-state index is 0.0494. The predicted octanol–water partition coefficient (Wildman–Crippen LogP) is 1.36. The van der Waals surface area contributed by atoms with Gasteiger partial charge in [0.25, 0.3) is 10.0 Å². The van der Waals surface area contributed by atoms with Crippen molar-refractivity contribution in [2.75, 3.05) is 45.7 Å². The summed E-state index contributed by atoms with van der Waals surface area (Å²) in [4.78, 5) is 20.7. The molecule has 0 atom stereocenters. The van der Waals surface area contributed by atoms with E-state index in [2.05, 4.69) is 15.3 Å². The second-order valence-corrected chi connectivity index (χ2v) is 8.06. The number of imidazole rings is 1. The van der Waals surface area contributed by atoms with Gasteiger partial charge in [0.2, 0.25) is 0 Å². The maximum atomic E-state index is 12.7. The Kier molecular flexibility index (Phi) is 6.05. The number of hydrogen-bond acceptors (Lipinski definition) is 6. The molecule has 1 saturated heterocycles. The highest BCUT2D eigenvalue weighted by atomic mass is 32.2. The monoisotopic (exact) mass is 409 g/mol. The largest absolute Gasteiger partial charge is 0.497 e. The number of urea groups is 1. The van der Waals surface area contributed by atoms with Gasteiger partial charge in [-0.25, -0.2) is 18.2 Å². The third-order valence-corrected chi connectivity index (χ3v) is 6.31. The number of ether oxygens (including phenoxy) is 2. The molecule has 28 heavy (non-hydrogen) atoms. The van der Waals surface area contributed by atoms with Crippen LogP contribution < -0.4 is 14.8 Å². The molecule has 2 amide bonds. The van der Waals surface area contributed by atoms with Crippen LogP contribution in [-0.4, -0.2) is 74.0 Å². The van der Waals surface area contributed by atoms with Gasteiger partial charge < -0.3 is 24.7 Å². The number of hydrogen-bond donors (Lipinski definition) is 2. The molecule has 1 aromatic carbocycles. The summed E-state index contributed by atoms with van der Waals surface area (Å²) in [6.45, 7) is 1.25. The van der Waals surface area contributed by atoms with Crippen LogP contribution >= 0.6 is 0 Å². The number of aromatic amines is 1. The highest BCUT2D eigenvalue weighted by Gasteiger charge is 2.29. The fourth-order valence-electron chi connectivity index (χ4n) is 2.96. The van der Waals surface area contributed by atoms with E-state index in [4.69, 9.17) is 9.47 Å². The van der Waals surface area contributed by atoms with Gasteiger partial charge in [-0.2, -0.15) is 4.31 Å². The van der Waals surface area contributed by atoms with Crippen LogP contribution in [0.2, 0.25) is 0 Å². The third-order valence-electron chi connectivity index (χ3n) is 4.48. The smallest absolute Gasteiger partial charge is 0.321 e. The van der Waals surface area contributed by atoms with E-state index < -0.39 is 10.0 Å². The number of carbonyl (C=O) groups is 1. The maximum Gasteiger partial charge on any atom is 0.321 e. The van der Waals surface area contributed by atoms with Crippen molar-refractivity contribution < 1.29 is 22.7 Å². The number of nitrogens with one attached hydrogen (secondary N) is 2. The zero-order valence-electron chi connectivity index (χ0n) is 15.7. The summed E-state index contributed by atoms with van der Waals surface area (Å²) in [5.74, 6) is 1.09. The number of methoxy groups -OCH3 is 2. The Bertz CT molecular complexity index is 916.